The zero-order valence-corrected chi connectivity index (χ0v) is 18.5. The third-order valence-electron chi connectivity index (χ3n) is 4.53. The maximum Gasteiger partial charge on any atom is 0.238 e. The van der Waals surface area contributed by atoms with Crippen molar-refractivity contribution in [2.45, 2.75) is 25.3 Å². The molecule has 2 aromatic carbocycles. The van der Waals surface area contributed by atoms with E-state index in [2.05, 4.69) is 15.7 Å². The van der Waals surface area contributed by atoms with E-state index in [4.69, 9.17) is 22.1 Å². The van der Waals surface area contributed by atoms with Crippen molar-refractivity contribution >= 4 is 38.7 Å². The zero-order valence-electron chi connectivity index (χ0n) is 16.8. The zero-order chi connectivity index (χ0) is 21.9. The average molecular weight is 446 g/mol. The second kappa shape index (κ2) is 8.82. The summed E-state index contributed by atoms with van der Waals surface area (Å²) in [6, 6.07) is 13.9. The molecule has 30 heavy (non-hydrogen) atoms. The van der Waals surface area contributed by atoms with E-state index in [1.807, 2.05) is 42.8 Å². The van der Waals surface area contributed by atoms with E-state index in [-0.39, 0.29) is 4.90 Å². The molecule has 1 heterocycles. The molecule has 0 saturated carbocycles. The Kier molecular flexibility index (Phi) is 6.40. The average Bonchev–Trinajstić information content (AvgIpc) is 2.95. The number of benzene rings is 2. The Balaban J connectivity index is 1.71. The van der Waals surface area contributed by atoms with E-state index < -0.39 is 10.0 Å². The molecule has 3 rings (SSSR count). The van der Waals surface area contributed by atoms with Gasteiger partial charge >= 0.3 is 0 Å². The maximum atomic E-state index is 11.4. The van der Waals surface area contributed by atoms with Crippen LogP contribution in [0.5, 0.6) is 5.75 Å². The SMILES string of the molecule is COc1cccc(Cn2nc(C)c(NC(=S)Nc3ccc(S(N)(=O)=O)cc3)c2C)c1. The van der Waals surface area contributed by atoms with Crippen LogP contribution in [0.4, 0.5) is 11.4 Å². The first-order valence-electron chi connectivity index (χ1n) is 9.05. The van der Waals surface area contributed by atoms with Crippen molar-refractivity contribution in [3.8, 4) is 5.75 Å². The summed E-state index contributed by atoms with van der Waals surface area (Å²) in [4.78, 5) is 0.0393. The van der Waals surface area contributed by atoms with Gasteiger partial charge in [0, 0.05) is 5.69 Å². The number of aryl methyl sites for hydroxylation is 1. The lowest BCUT2D eigenvalue weighted by Crippen LogP contribution is -2.20. The number of hydrogen-bond acceptors (Lipinski definition) is 5. The topological polar surface area (TPSA) is 111 Å². The quantitative estimate of drug-likeness (QED) is 0.500. The van der Waals surface area contributed by atoms with Crippen LogP contribution in [0, 0.1) is 13.8 Å². The van der Waals surface area contributed by atoms with E-state index in [0.29, 0.717) is 17.3 Å². The van der Waals surface area contributed by atoms with E-state index in [0.717, 1.165) is 28.4 Å². The smallest absolute Gasteiger partial charge is 0.238 e. The molecule has 3 aromatic rings. The van der Waals surface area contributed by atoms with Crippen molar-refractivity contribution in [1.29, 1.82) is 0 Å². The largest absolute Gasteiger partial charge is 0.497 e. The molecule has 0 atom stereocenters. The highest BCUT2D eigenvalue weighted by Gasteiger charge is 2.14. The molecule has 0 bridgehead atoms. The Labute approximate surface area is 181 Å². The highest BCUT2D eigenvalue weighted by Crippen LogP contribution is 2.22. The van der Waals surface area contributed by atoms with E-state index >= 15 is 0 Å². The van der Waals surface area contributed by atoms with Gasteiger partial charge in [-0.05, 0) is 68.0 Å². The van der Waals surface area contributed by atoms with Crippen LogP contribution in [0.1, 0.15) is 17.0 Å². The highest BCUT2D eigenvalue weighted by atomic mass is 32.2. The lowest BCUT2D eigenvalue weighted by Gasteiger charge is -2.12. The summed E-state index contributed by atoms with van der Waals surface area (Å²) in [5.74, 6) is 0.797. The second-order valence-electron chi connectivity index (χ2n) is 6.70. The van der Waals surface area contributed by atoms with Crippen LogP contribution in [0.25, 0.3) is 0 Å². The summed E-state index contributed by atoms with van der Waals surface area (Å²) in [5.41, 5.74) is 4.27. The fraction of sp³-hybridized carbons (Fsp3) is 0.200. The Bertz CT molecular complexity index is 1170. The van der Waals surface area contributed by atoms with Gasteiger partial charge in [0.2, 0.25) is 10.0 Å². The number of nitrogens with one attached hydrogen (secondary N) is 2. The minimum absolute atomic E-state index is 0.0393. The Morgan fingerprint density at radius 2 is 1.87 bits per heavy atom. The molecular weight excluding hydrogens is 422 g/mol. The number of anilines is 2. The lowest BCUT2D eigenvalue weighted by molar-refractivity contribution is 0.414. The van der Waals surface area contributed by atoms with Crippen molar-refractivity contribution in [1.82, 2.24) is 9.78 Å². The number of thiocarbonyl (C=S) groups is 1. The molecule has 0 aliphatic carbocycles. The van der Waals surface area contributed by atoms with Crippen LogP contribution in [0.2, 0.25) is 0 Å². The van der Waals surface area contributed by atoms with E-state index in [9.17, 15) is 8.42 Å². The fourth-order valence-corrected chi connectivity index (χ4v) is 3.71. The minimum Gasteiger partial charge on any atom is -0.497 e. The molecule has 10 heteroatoms. The van der Waals surface area contributed by atoms with Crippen molar-refractivity contribution in [3.63, 3.8) is 0 Å². The van der Waals surface area contributed by atoms with E-state index in [1.165, 1.54) is 12.1 Å². The number of hydrogen-bond donors (Lipinski definition) is 3. The van der Waals surface area contributed by atoms with Crippen LogP contribution >= 0.6 is 12.2 Å². The number of nitrogens with zero attached hydrogens (tertiary/aromatic N) is 2. The summed E-state index contributed by atoms with van der Waals surface area (Å²) in [7, 11) is -2.09. The first kappa shape index (κ1) is 21.8. The van der Waals surface area contributed by atoms with Gasteiger partial charge < -0.3 is 15.4 Å². The molecule has 1 aromatic heterocycles. The highest BCUT2D eigenvalue weighted by molar-refractivity contribution is 7.89. The number of aromatic nitrogens is 2. The van der Waals surface area contributed by atoms with Gasteiger partial charge in [0.1, 0.15) is 5.75 Å². The van der Waals surface area contributed by atoms with Crippen LogP contribution in [0.3, 0.4) is 0 Å². The lowest BCUT2D eigenvalue weighted by atomic mass is 10.2. The molecule has 158 valence electrons. The van der Waals surface area contributed by atoms with Gasteiger partial charge in [-0.15, -0.1) is 0 Å². The number of nitrogens with two attached hydrogens (primary N) is 1. The molecule has 0 radical (unpaired) electrons. The van der Waals surface area contributed by atoms with Crippen molar-refractivity contribution in [2.75, 3.05) is 17.7 Å². The summed E-state index contributed by atoms with van der Waals surface area (Å²) in [6.07, 6.45) is 0. The number of methoxy groups -OCH3 is 1. The standard InChI is InChI=1S/C20H23N5O3S2/c1-13-19(14(2)25(24-13)12-15-5-4-6-17(11-15)28-3)23-20(29)22-16-7-9-18(10-8-16)30(21,26)27/h4-11H,12H2,1-3H3,(H2,21,26,27)(H2,22,23,29). The summed E-state index contributed by atoms with van der Waals surface area (Å²) < 4.78 is 29.9. The molecule has 0 aliphatic rings. The van der Waals surface area contributed by atoms with Gasteiger partial charge in [-0.1, -0.05) is 12.1 Å². The van der Waals surface area contributed by atoms with Crippen LogP contribution < -0.4 is 20.5 Å². The van der Waals surface area contributed by atoms with Crippen molar-refractivity contribution in [3.05, 3.63) is 65.5 Å². The van der Waals surface area contributed by atoms with Gasteiger partial charge in [-0.2, -0.15) is 5.10 Å². The van der Waals surface area contributed by atoms with Gasteiger partial charge in [-0.3, -0.25) is 4.68 Å². The molecule has 0 spiro atoms. The predicted molar refractivity (Wildman–Crippen MR) is 121 cm³/mol. The number of rotatable bonds is 6. The molecule has 0 fully saturated rings. The van der Waals surface area contributed by atoms with Crippen LogP contribution in [-0.4, -0.2) is 30.4 Å². The molecule has 0 saturated heterocycles. The summed E-state index contributed by atoms with van der Waals surface area (Å²) in [5, 5.41) is 16.3. The molecular formula is C20H23N5O3S2. The predicted octanol–water partition coefficient (Wildman–Crippen LogP) is 3.01. The Morgan fingerprint density at radius 3 is 2.50 bits per heavy atom. The number of ether oxygens (including phenoxy) is 1. The third-order valence-corrected chi connectivity index (χ3v) is 5.66. The minimum atomic E-state index is -3.73. The van der Waals surface area contributed by atoms with Gasteiger partial charge in [-0.25, -0.2) is 13.6 Å². The fourth-order valence-electron chi connectivity index (χ4n) is 2.98. The van der Waals surface area contributed by atoms with Gasteiger partial charge in [0.05, 0.1) is 35.6 Å². The number of sulfonamides is 1. The monoisotopic (exact) mass is 445 g/mol. The molecule has 8 nitrogen and oxygen atoms in total. The summed E-state index contributed by atoms with van der Waals surface area (Å²) in [6.45, 7) is 4.47. The summed E-state index contributed by atoms with van der Waals surface area (Å²) >= 11 is 5.40. The first-order chi connectivity index (χ1) is 14.2. The van der Waals surface area contributed by atoms with Crippen molar-refractivity contribution in [2.24, 2.45) is 5.14 Å². The number of primary sulfonamides is 1. The molecule has 4 N–H and O–H groups in total. The molecule has 0 aliphatic heterocycles. The Hall–Kier alpha value is -2.95. The second-order valence-corrected chi connectivity index (χ2v) is 8.67. The van der Waals surface area contributed by atoms with Crippen LogP contribution in [-0.2, 0) is 16.6 Å². The maximum absolute atomic E-state index is 11.4. The normalized spacial score (nSPS) is 11.2. The molecule has 0 amide bonds. The van der Waals surface area contributed by atoms with Crippen molar-refractivity contribution < 1.29 is 13.2 Å². The Morgan fingerprint density at radius 1 is 1.17 bits per heavy atom. The van der Waals surface area contributed by atoms with Gasteiger partial charge in [0.25, 0.3) is 0 Å². The van der Waals surface area contributed by atoms with Gasteiger partial charge in [0.15, 0.2) is 5.11 Å². The third kappa shape index (κ3) is 5.15. The first-order valence-corrected chi connectivity index (χ1v) is 11.0. The van der Waals surface area contributed by atoms with E-state index in [1.54, 1.807) is 19.2 Å². The molecule has 0 unspecified atom stereocenters. The van der Waals surface area contributed by atoms with Crippen LogP contribution in [0.15, 0.2) is 53.4 Å².